The summed E-state index contributed by atoms with van der Waals surface area (Å²) in [4.78, 5) is 0. The van der Waals surface area contributed by atoms with E-state index in [0.29, 0.717) is 0 Å². The van der Waals surface area contributed by atoms with Gasteiger partial charge in [0.15, 0.2) is 0 Å². The molecule has 20 heavy (non-hydrogen) atoms. The normalized spacial score (nSPS) is 11.3. The van der Waals surface area contributed by atoms with Crippen molar-refractivity contribution in [3.8, 4) is 0 Å². The summed E-state index contributed by atoms with van der Waals surface area (Å²) in [7, 11) is -0.225. The van der Waals surface area contributed by atoms with Gasteiger partial charge < -0.3 is 0 Å². The van der Waals surface area contributed by atoms with Gasteiger partial charge in [-0.15, -0.1) is 0 Å². The lowest BCUT2D eigenvalue weighted by Crippen LogP contribution is -2.19. The summed E-state index contributed by atoms with van der Waals surface area (Å²) in [5.41, 5.74) is 2.87. The highest BCUT2D eigenvalue weighted by molar-refractivity contribution is 7.73. The quantitative estimate of drug-likeness (QED) is 0.693. The Bertz CT molecular complexity index is 512. The molecule has 2 rings (SSSR count). The van der Waals surface area contributed by atoms with Gasteiger partial charge in [-0.3, -0.25) is 0 Å². The molecular formula is C19H25P. The summed E-state index contributed by atoms with van der Waals surface area (Å²) in [5, 5.41) is 3.11. The maximum absolute atomic E-state index is 2.33. The van der Waals surface area contributed by atoms with E-state index in [1.54, 1.807) is 10.6 Å². The molecule has 0 aromatic heterocycles. The van der Waals surface area contributed by atoms with E-state index in [4.69, 9.17) is 0 Å². The van der Waals surface area contributed by atoms with Gasteiger partial charge in [-0.1, -0.05) is 62.4 Å². The van der Waals surface area contributed by atoms with Crippen molar-refractivity contribution in [1.82, 2.24) is 0 Å². The molecule has 0 spiro atoms. The molecule has 0 saturated carbocycles. The van der Waals surface area contributed by atoms with Crippen molar-refractivity contribution in [2.45, 2.75) is 34.1 Å². The smallest absolute Gasteiger partial charge is 0.0166 e. The number of benzene rings is 2. The van der Waals surface area contributed by atoms with Crippen LogP contribution in [0.1, 0.15) is 31.4 Å². The van der Waals surface area contributed by atoms with Crippen molar-refractivity contribution in [2.75, 3.05) is 6.16 Å². The molecule has 0 radical (unpaired) electrons. The Morgan fingerprint density at radius 1 is 0.800 bits per heavy atom. The number of hydrogen-bond donors (Lipinski definition) is 0. The number of aryl methyl sites for hydroxylation is 2. The molecule has 0 bridgehead atoms. The Balaban J connectivity index is 2.40. The van der Waals surface area contributed by atoms with E-state index >= 15 is 0 Å². The van der Waals surface area contributed by atoms with Gasteiger partial charge in [-0.25, -0.2) is 0 Å². The van der Waals surface area contributed by atoms with E-state index in [1.807, 2.05) is 0 Å². The van der Waals surface area contributed by atoms with Crippen molar-refractivity contribution in [1.29, 1.82) is 0 Å². The third-order valence-corrected chi connectivity index (χ3v) is 6.61. The molecule has 1 heteroatoms. The Labute approximate surface area is 125 Å². The fourth-order valence-corrected chi connectivity index (χ4v) is 5.54. The molecule has 0 amide bonds. The standard InChI is InChI=1S/C19H25P/c1-15(2)13-14-20(18-11-7-5-9-16(18)3)19-12-8-6-10-17(19)4/h5-12,15H,13-14H2,1-4H3. The first kappa shape index (κ1) is 15.3. The van der Waals surface area contributed by atoms with Crippen LogP contribution in [0, 0.1) is 19.8 Å². The second kappa shape index (κ2) is 7.04. The first-order valence-corrected chi connectivity index (χ1v) is 9.01. The van der Waals surface area contributed by atoms with E-state index in [-0.39, 0.29) is 7.92 Å². The predicted octanol–water partition coefficient (Wildman–Crippen LogP) is 4.78. The third kappa shape index (κ3) is 3.70. The second-order valence-electron chi connectivity index (χ2n) is 5.91. The third-order valence-electron chi connectivity index (χ3n) is 3.74. The van der Waals surface area contributed by atoms with Gasteiger partial charge in [0.25, 0.3) is 0 Å². The molecule has 0 aliphatic rings. The van der Waals surface area contributed by atoms with Gasteiger partial charge in [0.1, 0.15) is 0 Å². The zero-order valence-corrected chi connectivity index (χ0v) is 14.0. The molecule has 2 aromatic rings. The molecule has 0 aliphatic heterocycles. The van der Waals surface area contributed by atoms with E-state index in [0.717, 1.165) is 5.92 Å². The fraction of sp³-hybridized carbons (Fsp3) is 0.368. The maximum Gasteiger partial charge on any atom is -0.0166 e. The lowest BCUT2D eigenvalue weighted by Gasteiger charge is -2.23. The summed E-state index contributed by atoms with van der Waals surface area (Å²) in [5.74, 6) is 0.771. The minimum atomic E-state index is -0.225. The molecule has 2 aromatic carbocycles. The average molecular weight is 284 g/mol. The van der Waals surface area contributed by atoms with Crippen LogP contribution in [-0.4, -0.2) is 6.16 Å². The van der Waals surface area contributed by atoms with Gasteiger partial charge in [-0.2, -0.15) is 0 Å². The van der Waals surface area contributed by atoms with Gasteiger partial charge in [-0.05, 0) is 62.0 Å². The molecule has 0 fully saturated rings. The lowest BCUT2D eigenvalue weighted by molar-refractivity contribution is 0.631. The summed E-state index contributed by atoms with van der Waals surface area (Å²) in [6, 6.07) is 17.8. The van der Waals surface area contributed by atoms with Crippen molar-refractivity contribution in [2.24, 2.45) is 5.92 Å². The number of hydrogen-bond acceptors (Lipinski definition) is 0. The topological polar surface area (TPSA) is 0 Å². The molecule has 0 heterocycles. The number of rotatable bonds is 5. The Hall–Kier alpha value is -1.13. The fourth-order valence-electron chi connectivity index (χ4n) is 2.49. The van der Waals surface area contributed by atoms with Crippen molar-refractivity contribution in [3.63, 3.8) is 0 Å². The van der Waals surface area contributed by atoms with Crippen LogP contribution in [0.3, 0.4) is 0 Å². The molecule has 0 unspecified atom stereocenters. The Morgan fingerprint density at radius 3 is 1.65 bits per heavy atom. The lowest BCUT2D eigenvalue weighted by atomic mass is 10.2. The van der Waals surface area contributed by atoms with Crippen LogP contribution in [0.15, 0.2) is 48.5 Å². The van der Waals surface area contributed by atoms with Gasteiger partial charge in [0, 0.05) is 0 Å². The van der Waals surface area contributed by atoms with E-state index in [2.05, 4.69) is 76.2 Å². The minimum absolute atomic E-state index is 0.225. The van der Waals surface area contributed by atoms with Crippen LogP contribution >= 0.6 is 7.92 Å². The zero-order valence-electron chi connectivity index (χ0n) is 13.1. The van der Waals surface area contributed by atoms with E-state index in [1.165, 1.54) is 23.7 Å². The van der Waals surface area contributed by atoms with Crippen molar-refractivity contribution < 1.29 is 0 Å². The predicted molar refractivity (Wildman–Crippen MR) is 92.9 cm³/mol. The second-order valence-corrected chi connectivity index (χ2v) is 8.17. The molecule has 0 atom stereocenters. The molecule has 0 saturated heterocycles. The maximum atomic E-state index is 2.33. The van der Waals surface area contributed by atoms with Crippen LogP contribution in [-0.2, 0) is 0 Å². The minimum Gasteiger partial charge on any atom is -0.0628 e. The van der Waals surface area contributed by atoms with Gasteiger partial charge >= 0.3 is 0 Å². The molecular weight excluding hydrogens is 259 g/mol. The van der Waals surface area contributed by atoms with Crippen LogP contribution in [0.2, 0.25) is 0 Å². The average Bonchev–Trinajstić information content (AvgIpc) is 2.42. The van der Waals surface area contributed by atoms with Crippen LogP contribution in [0.25, 0.3) is 0 Å². The molecule has 106 valence electrons. The Kier molecular flexibility index (Phi) is 5.38. The summed E-state index contributed by atoms with van der Waals surface area (Å²) < 4.78 is 0. The zero-order chi connectivity index (χ0) is 14.5. The largest absolute Gasteiger partial charge is 0.0628 e. The summed E-state index contributed by atoms with van der Waals surface area (Å²) in [6.07, 6.45) is 2.59. The highest BCUT2D eigenvalue weighted by Gasteiger charge is 2.17. The van der Waals surface area contributed by atoms with Gasteiger partial charge in [0.2, 0.25) is 0 Å². The molecule has 0 aliphatic carbocycles. The SMILES string of the molecule is Cc1ccccc1P(CCC(C)C)c1ccccc1C. The van der Waals surface area contributed by atoms with Crippen LogP contribution in [0.4, 0.5) is 0 Å². The first-order chi connectivity index (χ1) is 9.59. The van der Waals surface area contributed by atoms with E-state index < -0.39 is 0 Å². The van der Waals surface area contributed by atoms with E-state index in [9.17, 15) is 0 Å². The van der Waals surface area contributed by atoms with Crippen molar-refractivity contribution in [3.05, 3.63) is 59.7 Å². The Morgan fingerprint density at radius 2 is 1.25 bits per heavy atom. The van der Waals surface area contributed by atoms with Crippen LogP contribution < -0.4 is 10.6 Å². The molecule has 0 nitrogen and oxygen atoms in total. The summed E-state index contributed by atoms with van der Waals surface area (Å²) >= 11 is 0. The van der Waals surface area contributed by atoms with Gasteiger partial charge in [0.05, 0.1) is 0 Å². The highest BCUT2D eigenvalue weighted by Crippen LogP contribution is 2.37. The molecule has 0 N–H and O–H groups in total. The summed E-state index contributed by atoms with van der Waals surface area (Å²) in [6.45, 7) is 9.14. The first-order valence-electron chi connectivity index (χ1n) is 7.48. The monoisotopic (exact) mass is 284 g/mol. The highest BCUT2D eigenvalue weighted by atomic mass is 31.1. The van der Waals surface area contributed by atoms with Crippen molar-refractivity contribution >= 4 is 18.5 Å². The van der Waals surface area contributed by atoms with Crippen LogP contribution in [0.5, 0.6) is 0 Å².